The first kappa shape index (κ1) is 15.6. The molecule has 0 radical (unpaired) electrons. The average Bonchev–Trinajstić information content (AvgIpc) is 2.94. The van der Waals surface area contributed by atoms with Crippen LogP contribution in [0.25, 0.3) is 0 Å². The molecule has 2 saturated heterocycles. The lowest BCUT2D eigenvalue weighted by Gasteiger charge is -2.57. The quantitative estimate of drug-likeness (QED) is 0.570. The number of ether oxygens (including phenoxy) is 3. The highest BCUT2D eigenvalue weighted by molar-refractivity contribution is 5.68. The van der Waals surface area contributed by atoms with Crippen LogP contribution >= 0.6 is 0 Å². The molecule has 3 aliphatic carbocycles. The fourth-order valence-electron chi connectivity index (χ4n) is 5.98. The van der Waals surface area contributed by atoms with Gasteiger partial charge in [-0.25, -0.2) is 0 Å². The van der Waals surface area contributed by atoms with Gasteiger partial charge >= 0.3 is 5.97 Å². The van der Waals surface area contributed by atoms with Gasteiger partial charge in [0.05, 0.1) is 0 Å². The molecule has 0 amide bonds. The second-order valence-electron chi connectivity index (χ2n) is 8.02. The Kier molecular flexibility index (Phi) is 3.26. The van der Waals surface area contributed by atoms with Crippen molar-refractivity contribution < 1.29 is 19.0 Å². The van der Waals surface area contributed by atoms with Crippen LogP contribution < -0.4 is 0 Å². The predicted octanol–water partition coefficient (Wildman–Crippen LogP) is 2.55. The van der Waals surface area contributed by atoms with E-state index in [4.69, 9.17) is 14.2 Å². The van der Waals surface area contributed by atoms with Gasteiger partial charge in [-0.2, -0.15) is 0 Å². The van der Waals surface area contributed by atoms with Gasteiger partial charge in [0.2, 0.25) is 0 Å². The van der Waals surface area contributed by atoms with Gasteiger partial charge in [-0.3, -0.25) is 4.79 Å². The number of carbonyl (C=O) groups excluding carboxylic acids is 1. The number of esters is 1. The van der Waals surface area contributed by atoms with Crippen LogP contribution in [0.4, 0.5) is 0 Å². The second kappa shape index (κ2) is 5.21. The summed E-state index contributed by atoms with van der Waals surface area (Å²) in [5.74, 6) is 1.74. The minimum Gasteiger partial charge on any atom is -0.483 e. The Hall–Kier alpha value is -1.59. The molecule has 5 rings (SSSR count). The van der Waals surface area contributed by atoms with Crippen molar-refractivity contribution in [3.8, 4) is 0 Å². The summed E-state index contributed by atoms with van der Waals surface area (Å²) < 4.78 is 17.9. The van der Waals surface area contributed by atoms with E-state index in [-0.39, 0.29) is 23.6 Å². The average molecular weight is 343 g/mol. The Bertz CT molecular complexity index is 736. The zero-order valence-corrected chi connectivity index (χ0v) is 15.1. The predicted molar refractivity (Wildman–Crippen MR) is 91.4 cm³/mol. The summed E-state index contributed by atoms with van der Waals surface area (Å²) in [4.78, 5) is 14.1. The fraction of sp³-hybridized carbons (Fsp3) is 0.650. The van der Waals surface area contributed by atoms with Crippen LogP contribution in [0.2, 0.25) is 0 Å². The Labute approximate surface area is 148 Å². The maximum absolute atomic E-state index is 11.6. The SMILES string of the molecule is CO[C@H]1C=C[C@H]2[C@H]3CC4=C5C(=C(OC(C)=O)CC4)O[C@@H]1[C@]52CCN3C. The van der Waals surface area contributed by atoms with Gasteiger partial charge in [-0.15, -0.1) is 0 Å². The molecule has 0 saturated carbocycles. The van der Waals surface area contributed by atoms with Gasteiger partial charge in [0.25, 0.3) is 0 Å². The maximum Gasteiger partial charge on any atom is 0.307 e. The lowest BCUT2D eigenvalue weighted by Crippen LogP contribution is -2.61. The number of hydrogen-bond acceptors (Lipinski definition) is 5. The first-order valence-electron chi connectivity index (χ1n) is 9.28. The van der Waals surface area contributed by atoms with Crippen molar-refractivity contribution in [2.24, 2.45) is 11.3 Å². The Morgan fingerprint density at radius 2 is 2.20 bits per heavy atom. The van der Waals surface area contributed by atoms with Gasteiger partial charge in [-0.1, -0.05) is 17.7 Å². The number of nitrogens with zero attached hydrogens (tertiary/aromatic N) is 1. The summed E-state index contributed by atoms with van der Waals surface area (Å²) in [6.45, 7) is 2.53. The van der Waals surface area contributed by atoms with E-state index in [1.807, 2.05) is 0 Å². The molecule has 5 heteroatoms. The topological polar surface area (TPSA) is 48.0 Å². The van der Waals surface area contributed by atoms with E-state index in [9.17, 15) is 4.79 Å². The lowest BCUT2D eigenvalue weighted by atomic mass is 9.52. The standard InChI is InChI=1S/C20H25NO4/c1-11(22)24-15-6-4-12-10-14-13-5-7-16(23-3)19-20(13,8-9-21(14)2)17(12)18(15)25-19/h5,7,13-14,16,19H,4,6,8-10H2,1-3H3/t13-,14+,16-,19-,20-/m0/s1. The number of hydrogen-bond donors (Lipinski definition) is 0. The summed E-state index contributed by atoms with van der Waals surface area (Å²) in [5.41, 5.74) is 2.83. The van der Waals surface area contributed by atoms with Crippen LogP contribution in [0.1, 0.15) is 32.6 Å². The molecular formula is C20H25NO4. The number of allylic oxidation sites excluding steroid dienone is 2. The van der Waals surface area contributed by atoms with Gasteiger partial charge in [-0.05, 0) is 32.9 Å². The van der Waals surface area contributed by atoms with Gasteiger partial charge in [0.1, 0.15) is 18.0 Å². The minimum atomic E-state index is -0.266. The Balaban J connectivity index is 1.72. The van der Waals surface area contributed by atoms with E-state index in [2.05, 4.69) is 24.1 Å². The van der Waals surface area contributed by atoms with Gasteiger partial charge in [0.15, 0.2) is 5.76 Å². The molecule has 0 aromatic rings. The van der Waals surface area contributed by atoms with Crippen molar-refractivity contribution >= 4 is 5.97 Å². The van der Waals surface area contributed by atoms with E-state index >= 15 is 0 Å². The number of likely N-dealkylation sites (tertiary alicyclic amines) is 1. The molecule has 2 aliphatic heterocycles. The summed E-state index contributed by atoms with van der Waals surface area (Å²) in [7, 11) is 4.00. The highest BCUT2D eigenvalue weighted by atomic mass is 16.6. The second-order valence-corrected chi connectivity index (χ2v) is 8.02. The molecule has 134 valence electrons. The molecular weight excluding hydrogens is 318 g/mol. The van der Waals surface area contributed by atoms with Crippen molar-refractivity contribution in [3.05, 3.63) is 34.8 Å². The molecule has 0 unspecified atom stereocenters. The van der Waals surface area contributed by atoms with E-state index in [1.54, 1.807) is 7.11 Å². The van der Waals surface area contributed by atoms with E-state index in [1.165, 1.54) is 18.1 Å². The highest BCUT2D eigenvalue weighted by Gasteiger charge is 2.66. The normalized spacial score (nSPS) is 41.6. The summed E-state index contributed by atoms with van der Waals surface area (Å²) >= 11 is 0. The van der Waals surface area contributed by atoms with E-state index < -0.39 is 0 Å². The van der Waals surface area contributed by atoms with Crippen molar-refractivity contribution in [3.63, 3.8) is 0 Å². The molecule has 0 aromatic carbocycles. The number of rotatable bonds is 2. The number of piperidine rings is 1. The smallest absolute Gasteiger partial charge is 0.307 e. The number of methoxy groups -OCH3 is 1. The molecule has 5 aliphatic rings. The molecule has 2 bridgehead atoms. The lowest BCUT2D eigenvalue weighted by molar-refractivity contribution is -0.137. The fourth-order valence-corrected chi connectivity index (χ4v) is 5.98. The van der Waals surface area contributed by atoms with Crippen LogP contribution in [0.5, 0.6) is 0 Å². The molecule has 5 atom stereocenters. The van der Waals surface area contributed by atoms with Crippen LogP contribution in [-0.4, -0.2) is 49.8 Å². The molecule has 0 aromatic heterocycles. The van der Waals surface area contributed by atoms with Gasteiger partial charge in [0, 0.05) is 43.4 Å². The summed E-state index contributed by atoms with van der Waals surface area (Å²) in [6.07, 6.45) is 8.34. The molecule has 25 heavy (non-hydrogen) atoms. The third kappa shape index (κ3) is 1.88. The summed E-state index contributed by atoms with van der Waals surface area (Å²) in [6, 6.07) is 0.530. The zero-order valence-electron chi connectivity index (χ0n) is 15.1. The molecule has 5 nitrogen and oxygen atoms in total. The third-order valence-corrected chi connectivity index (χ3v) is 6.96. The molecule has 0 N–H and O–H groups in total. The molecule has 1 spiro atoms. The largest absolute Gasteiger partial charge is 0.483 e. The highest BCUT2D eigenvalue weighted by Crippen LogP contribution is 2.65. The van der Waals surface area contributed by atoms with Crippen LogP contribution in [0.3, 0.4) is 0 Å². The zero-order chi connectivity index (χ0) is 17.3. The Morgan fingerprint density at radius 1 is 1.36 bits per heavy atom. The van der Waals surface area contributed by atoms with Crippen molar-refractivity contribution in [2.75, 3.05) is 20.7 Å². The van der Waals surface area contributed by atoms with Crippen molar-refractivity contribution in [1.29, 1.82) is 0 Å². The van der Waals surface area contributed by atoms with Crippen LogP contribution in [0, 0.1) is 11.3 Å². The van der Waals surface area contributed by atoms with Crippen molar-refractivity contribution in [2.45, 2.75) is 50.9 Å². The monoisotopic (exact) mass is 343 g/mol. The number of carbonyl (C=O) groups is 1. The van der Waals surface area contributed by atoms with Crippen molar-refractivity contribution in [1.82, 2.24) is 4.90 Å². The summed E-state index contributed by atoms with van der Waals surface area (Å²) in [5, 5.41) is 0. The first-order chi connectivity index (χ1) is 12.1. The molecule has 2 heterocycles. The van der Waals surface area contributed by atoms with E-state index in [0.29, 0.717) is 12.0 Å². The van der Waals surface area contributed by atoms with E-state index in [0.717, 1.165) is 43.7 Å². The maximum atomic E-state index is 11.6. The van der Waals surface area contributed by atoms with Crippen LogP contribution in [-0.2, 0) is 19.0 Å². The third-order valence-electron chi connectivity index (χ3n) is 6.96. The minimum absolute atomic E-state index is 0.0207. The van der Waals surface area contributed by atoms with Crippen LogP contribution in [0.15, 0.2) is 34.8 Å². The first-order valence-corrected chi connectivity index (χ1v) is 9.28. The molecule has 2 fully saturated rings. The Morgan fingerprint density at radius 3 is 2.96 bits per heavy atom. The van der Waals surface area contributed by atoms with Gasteiger partial charge < -0.3 is 19.1 Å².